The van der Waals surface area contributed by atoms with Gasteiger partial charge in [-0.2, -0.15) is 0 Å². The van der Waals surface area contributed by atoms with Gasteiger partial charge in [0.15, 0.2) is 11.5 Å². The number of carbonyl (C=O) groups excluding carboxylic acids is 1. The van der Waals surface area contributed by atoms with E-state index < -0.39 is 55.2 Å². The second-order valence-electron chi connectivity index (χ2n) is 11.1. The predicted octanol–water partition coefficient (Wildman–Crippen LogP) is 7.66. The summed E-state index contributed by atoms with van der Waals surface area (Å²) in [6.45, 7) is 0. The molecule has 0 unspecified atom stereocenters. The second kappa shape index (κ2) is 16.8. The number of amides is 1. The average Bonchev–Trinajstić information content (AvgIpc) is 3.62. The normalized spacial score (nSPS) is 11.3. The van der Waals surface area contributed by atoms with Gasteiger partial charge in [-0.25, -0.2) is 39.2 Å². The lowest BCUT2D eigenvalue weighted by atomic mass is 10.0. The lowest BCUT2D eigenvalue weighted by Crippen LogP contribution is -2.18. The van der Waals surface area contributed by atoms with Crippen LogP contribution < -0.4 is 20.5 Å². The molecule has 6 aromatic rings. The van der Waals surface area contributed by atoms with Gasteiger partial charge in [0, 0.05) is 51.0 Å². The standard InChI is InChI=1S/C17H13BrF2N2O4S.C16H10BrF2NO5S.CH5N/c1-21-17(23)15-10-6-11(18)13(22-27(2,24)25)7-14(10)26-16(15)9-4-3-8(19)5-12(9)20;1-26(23,24)20-12-6-13-9(5-10(12)17)14(16(21)22)15(25-13)8-3-2-7(18)4-11(8)19;1-2/h3-7,22H,1-2H3,(H,21,23);2-6,20H,1H3,(H,21,22);2H2,1H3. The van der Waals surface area contributed by atoms with Crippen LogP contribution in [0.5, 0.6) is 0 Å². The van der Waals surface area contributed by atoms with Crippen molar-refractivity contribution in [1.82, 2.24) is 5.32 Å². The molecule has 0 fully saturated rings. The largest absolute Gasteiger partial charge is 0.478 e. The molecule has 6 rings (SSSR count). The van der Waals surface area contributed by atoms with Crippen LogP contribution in [0, 0.1) is 23.3 Å². The van der Waals surface area contributed by atoms with Crippen LogP contribution in [0.25, 0.3) is 44.6 Å². The monoisotopic (exact) mass is 934 g/mol. The van der Waals surface area contributed by atoms with Crippen LogP contribution in [0.4, 0.5) is 28.9 Å². The molecule has 2 aromatic heterocycles. The number of hydrogen-bond donors (Lipinski definition) is 5. The molecule has 0 saturated carbocycles. The van der Waals surface area contributed by atoms with E-state index in [2.05, 4.69) is 52.4 Å². The highest BCUT2D eigenvalue weighted by atomic mass is 79.9. The zero-order valence-corrected chi connectivity index (χ0v) is 33.5. The molecule has 0 spiro atoms. The third-order valence-corrected chi connectivity index (χ3v) is 9.66. The SMILES string of the molecule is CN.CNC(=O)c1c(-c2ccc(F)cc2F)oc2cc(NS(C)(=O)=O)c(Br)cc12.CS(=O)(=O)Nc1cc2oc(-c3ccc(F)cc3F)c(C(=O)O)c2cc1Br. The predicted molar refractivity (Wildman–Crippen MR) is 206 cm³/mol. The molecule has 13 nitrogen and oxygen atoms in total. The van der Waals surface area contributed by atoms with Gasteiger partial charge in [-0.15, -0.1) is 0 Å². The summed E-state index contributed by atoms with van der Waals surface area (Å²) < 4.78 is 117. The van der Waals surface area contributed by atoms with Gasteiger partial charge in [-0.1, -0.05) is 0 Å². The Morgan fingerprint density at radius 2 is 1.05 bits per heavy atom. The van der Waals surface area contributed by atoms with Crippen LogP contribution in [0.15, 0.2) is 78.4 Å². The Morgan fingerprint density at radius 1 is 0.673 bits per heavy atom. The van der Waals surface area contributed by atoms with Crippen LogP contribution in [-0.2, 0) is 20.0 Å². The topological polar surface area (TPSA) is 211 Å². The van der Waals surface area contributed by atoms with E-state index in [1.165, 1.54) is 44.4 Å². The minimum Gasteiger partial charge on any atom is -0.478 e. The first-order chi connectivity index (χ1) is 25.7. The van der Waals surface area contributed by atoms with Gasteiger partial charge < -0.3 is 25.0 Å². The number of carboxylic acids is 1. The highest BCUT2D eigenvalue weighted by Crippen LogP contribution is 2.41. The summed E-state index contributed by atoms with van der Waals surface area (Å²) in [6.07, 6.45) is 1.94. The Bertz CT molecular complexity index is 2710. The number of carboxylic acid groups (broad SMARTS) is 1. The van der Waals surface area contributed by atoms with Gasteiger partial charge in [-0.3, -0.25) is 14.2 Å². The number of anilines is 2. The number of benzene rings is 4. The number of fused-ring (bicyclic) bond motifs is 2. The molecule has 55 heavy (non-hydrogen) atoms. The number of carbonyl (C=O) groups is 2. The number of sulfonamides is 2. The van der Waals surface area contributed by atoms with Crippen molar-refractivity contribution in [2.75, 3.05) is 36.1 Å². The second-order valence-corrected chi connectivity index (χ2v) is 16.4. The first kappa shape index (κ1) is 42.8. The lowest BCUT2D eigenvalue weighted by molar-refractivity contribution is 0.0698. The molecule has 0 aliphatic rings. The molecule has 292 valence electrons. The summed E-state index contributed by atoms with van der Waals surface area (Å²) in [5.41, 5.74) is 4.39. The van der Waals surface area contributed by atoms with E-state index >= 15 is 0 Å². The van der Waals surface area contributed by atoms with Crippen molar-refractivity contribution in [3.8, 4) is 22.6 Å². The molecule has 0 radical (unpaired) electrons. The summed E-state index contributed by atoms with van der Waals surface area (Å²) in [7, 11) is -4.25. The molecule has 0 aliphatic carbocycles. The fourth-order valence-electron chi connectivity index (χ4n) is 5.08. The number of nitrogens with two attached hydrogens (primary N) is 1. The minimum absolute atomic E-state index is 0.0236. The molecule has 6 N–H and O–H groups in total. The van der Waals surface area contributed by atoms with E-state index in [0.29, 0.717) is 22.0 Å². The first-order valence-corrected chi connectivity index (χ1v) is 20.5. The first-order valence-electron chi connectivity index (χ1n) is 15.1. The third kappa shape index (κ3) is 9.84. The number of rotatable bonds is 8. The Kier molecular flexibility index (Phi) is 13.1. The molecule has 0 atom stereocenters. The maximum Gasteiger partial charge on any atom is 0.340 e. The molecule has 21 heteroatoms. The van der Waals surface area contributed by atoms with Crippen molar-refractivity contribution in [1.29, 1.82) is 0 Å². The number of hydrogen-bond acceptors (Lipinski definition) is 9. The van der Waals surface area contributed by atoms with Crippen molar-refractivity contribution >= 4 is 97.1 Å². The summed E-state index contributed by atoms with van der Waals surface area (Å²) >= 11 is 6.40. The maximum absolute atomic E-state index is 14.3. The average molecular weight is 937 g/mol. The molecule has 0 aliphatic heterocycles. The zero-order valence-electron chi connectivity index (χ0n) is 28.6. The van der Waals surface area contributed by atoms with Crippen LogP contribution in [0.1, 0.15) is 20.7 Å². The van der Waals surface area contributed by atoms with Gasteiger partial charge in [0.25, 0.3) is 5.91 Å². The van der Waals surface area contributed by atoms with Crippen molar-refractivity contribution in [3.63, 3.8) is 0 Å². The molecule has 1 amide bonds. The molecule has 0 bridgehead atoms. The van der Waals surface area contributed by atoms with Crippen LogP contribution >= 0.6 is 31.9 Å². The Labute approximate surface area is 327 Å². The zero-order chi connectivity index (χ0) is 41.2. The van der Waals surface area contributed by atoms with E-state index in [-0.39, 0.29) is 66.2 Å². The van der Waals surface area contributed by atoms with Crippen molar-refractivity contribution in [2.45, 2.75) is 0 Å². The summed E-state index contributed by atoms with van der Waals surface area (Å²) in [4.78, 5) is 24.1. The molecule has 0 saturated heterocycles. The van der Waals surface area contributed by atoms with E-state index in [9.17, 15) is 49.1 Å². The van der Waals surface area contributed by atoms with Gasteiger partial charge >= 0.3 is 5.97 Å². The van der Waals surface area contributed by atoms with E-state index in [1.54, 1.807) is 0 Å². The van der Waals surface area contributed by atoms with Gasteiger partial charge in [0.05, 0.1) is 40.6 Å². The quantitative estimate of drug-likeness (QED) is 0.0941. The fraction of sp³-hybridized carbons (Fsp3) is 0.118. The number of aromatic carboxylic acids is 1. The van der Waals surface area contributed by atoms with Crippen LogP contribution in [0.3, 0.4) is 0 Å². The van der Waals surface area contributed by atoms with E-state index in [0.717, 1.165) is 30.7 Å². The Hall–Kier alpha value is -4.96. The summed E-state index contributed by atoms with van der Waals surface area (Å²) in [5.74, 6) is -5.77. The lowest BCUT2D eigenvalue weighted by Gasteiger charge is -2.06. The highest BCUT2D eigenvalue weighted by Gasteiger charge is 2.27. The maximum atomic E-state index is 14.3. The summed E-state index contributed by atoms with van der Waals surface area (Å²) in [5, 5.41) is 12.4. The van der Waals surface area contributed by atoms with E-state index in [1.807, 2.05) is 0 Å². The van der Waals surface area contributed by atoms with E-state index in [4.69, 9.17) is 8.83 Å². The smallest absolute Gasteiger partial charge is 0.340 e. The molecule has 2 heterocycles. The fourth-order valence-corrected chi connectivity index (χ4v) is 7.36. The van der Waals surface area contributed by atoms with Gasteiger partial charge in [-0.05, 0) is 75.3 Å². The molecule has 4 aromatic carbocycles. The van der Waals surface area contributed by atoms with Crippen molar-refractivity contribution < 1.29 is 57.9 Å². The van der Waals surface area contributed by atoms with Crippen LogP contribution in [0.2, 0.25) is 0 Å². The highest BCUT2D eigenvalue weighted by molar-refractivity contribution is 9.11. The number of furan rings is 2. The molecular formula is C34H28Br2F4N4O9S2. The van der Waals surface area contributed by atoms with Gasteiger partial charge in [0.2, 0.25) is 20.0 Å². The summed E-state index contributed by atoms with van der Waals surface area (Å²) in [6, 6.07) is 11.0. The number of halogens is 6. The molecular weight excluding hydrogens is 908 g/mol. The van der Waals surface area contributed by atoms with Gasteiger partial charge in [0.1, 0.15) is 40.0 Å². The number of nitrogens with one attached hydrogen (secondary N) is 3. The van der Waals surface area contributed by atoms with Crippen molar-refractivity contribution in [3.05, 3.63) is 104 Å². The third-order valence-electron chi connectivity index (χ3n) is 7.17. The van der Waals surface area contributed by atoms with Crippen molar-refractivity contribution in [2.24, 2.45) is 5.73 Å². The Morgan fingerprint density at radius 3 is 1.40 bits per heavy atom. The van der Waals surface area contributed by atoms with Crippen LogP contribution in [-0.4, -0.2) is 60.4 Å². The minimum atomic E-state index is -3.59. The Balaban J connectivity index is 0.000000234.